The minimum absolute atomic E-state index is 0.153. The first-order valence-corrected chi connectivity index (χ1v) is 14.4. The van der Waals surface area contributed by atoms with Gasteiger partial charge in [-0.05, 0) is 66.7 Å². The molecule has 3 heterocycles. The molecule has 6 rings (SSSR count). The van der Waals surface area contributed by atoms with Crippen molar-refractivity contribution in [2.24, 2.45) is 12.0 Å². The largest absolute Gasteiger partial charge is 0.285 e. The molecule has 10 heteroatoms. The number of halogens is 1. The Labute approximate surface area is 243 Å². The minimum Gasteiger partial charge on any atom is -0.285 e. The van der Waals surface area contributed by atoms with Crippen LogP contribution in [-0.2, 0) is 11.8 Å². The van der Waals surface area contributed by atoms with Gasteiger partial charge in [-0.15, -0.1) is 11.3 Å². The van der Waals surface area contributed by atoms with Gasteiger partial charge in [0.25, 0.3) is 11.5 Å². The van der Waals surface area contributed by atoms with E-state index in [0.29, 0.717) is 37.2 Å². The summed E-state index contributed by atoms with van der Waals surface area (Å²) in [6, 6.07) is 26.2. The number of nitrogens with zero attached hydrogens (tertiary/aromatic N) is 5. The summed E-state index contributed by atoms with van der Waals surface area (Å²) in [7, 11) is 1.85. The van der Waals surface area contributed by atoms with Gasteiger partial charge in [0.1, 0.15) is 0 Å². The van der Waals surface area contributed by atoms with E-state index in [1.807, 2.05) is 103 Å². The Kier molecular flexibility index (Phi) is 7.02. The molecule has 1 aliphatic heterocycles. The third-order valence-electron chi connectivity index (χ3n) is 6.48. The fourth-order valence-electron chi connectivity index (χ4n) is 4.44. The smallest absolute Gasteiger partial charge is 0.281 e. The Hall–Kier alpha value is -4.18. The van der Waals surface area contributed by atoms with Crippen LogP contribution in [0.4, 0.5) is 10.8 Å². The van der Waals surface area contributed by atoms with Crippen molar-refractivity contribution in [1.82, 2.24) is 14.3 Å². The zero-order valence-corrected chi connectivity index (χ0v) is 23.9. The first-order valence-electron chi connectivity index (χ1n) is 12.3. The lowest BCUT2D eigenvalue weighted by molar-refractivity contribution is -0.113. The minimum atomic E-state index is -0.175. The number of carbonyl (C=O) groups is 1. The molecule has 1 fully saturated rings. The maximum absolute atomic E-state index is 13.5. The molecule has 40 heavy (non-hydrogen) atoms. The average Bonchev–Trinajstić information content (AvgIpc) is 3.60. The zero-order chi connectivity index (χ0) is 27.8. The fourth-order valence-corrected chi connectivity index (χ4v) is 6.28. The van der Waals surface area contributed by atoms with Crippen LogP contribution in [0.5, 0.6) is 0 Å². The second-order valence-corrected chi connectivity index (χ2v) is 11.3. The normalized spacial score (nSPS) is 15.5. The topological polar surface area (TPSA) is 72.5 Å². The molecule has 0 N–H and O–H groups in total. The van der Waals surface area contributed by atoms with Crippen LogP contribution in [0, 0.1) is 6.92 Å². The van der Waals surface area contributed by atoms with E-state index in [1.165, 1.54) is 23.1 Å². The average molecular weight is 584 g/mol. The third kappa shape index (κ3) is 4.83. The molecule has 7 nitrogen and oxygen atoms in total. The van der Waals surface area contributed by atoms with Crippen LogP contribution in [0.2, 0.25) is 5.02 Å². The molecular formula is C30H22ClN5O2S2. The second-order valence-electron chi connectivity index (χ2n) is 8.98. The van der Waals surface area contributed by atoms with Crippen molar-refractivity contribution in [3.8, 4) is 16.9 Å². The highest BCUT2D eigenvalue weighted by atomic mass is 35.5. The summed E-state index contributed by atoms with van der Waals surface area (Å²) >= 11 is 8.64. The van der Waals surface area contributed by atoms with Crippen molar-refractivity contribution in [2.45, 2.75) is 6.92 Å². The van der Waals surface area contributed by atoms with E-state index in [1.54, 1.807) is 21.7 Å². The van der Waals surface area contributed by atoms with E-state index >= 15 is 0 Å². The quantitative estimate of drug-likeness (QED) is 0.207. The van der Waals surface area contributed by atoms with E-state index in [0.717, 1.165) is 16.9 Å². The summed E-state index contributed by atoms with van der Waals surface area (Å²) in [6.07, 6.45) is 1.83. The van der Waals surface area contributed by atoms with Crippen LogP contribution >= 0.6 is 34.7 Å². The van der Waals surface area contributed by atoms with Gasteiger partial charge in [0, 0.05) is 23.1 Å². The highest BCUT2D eigenvalue weighted by Crippen LogP contribution is 2.38. The lowest BCUT2D eigenvalue weighted by Crippen LogP contribution is -2.28. The summed E-state index contributed by atoms with van der Waals surface area (Å²) in [5.74, 6) is -0.175. The van der Waals surface area contributed by atoms with Gasteiger partial charge in [0.05, 0.1) is 27.5 Å². The Bertz CT molecular complexity index is 1840. The van der Waals surface area contributed by atoms with E-state index in [4.69, 9.17) is 21.6 Å². The van der Waals surface area contributed by atoms with Gasteiger partial charge in [0.2, 0.25) is 5.13 Å². The number of anilines is 1. The molecular weight excluding hydrogens is 562 g/mol. The van der Waals surface area contributed by atoms with Gasteiger partial charge in [-0.25, -0.2) is 9.67 Å². The van der Waals surface area contributed by atoms with Crippen LogP contribution in [-0.4, -0.2) is 25.4 Å². The van der Waals surface area contributed by atoms with E-state index in [2.05, 4.69) is 0 Å². The van der Waals surface area contributed by atoms with E-state index < -0.39 is 0 Å². The van der Waals surface area contributed by atoms with Gasteiger partial charge < -0.3 is 0 Å². The van der Waals surface area contributed by atoms with Crippen molar-refractivity contribution in [1.29, 1.82) is 0 Å². The van der Waals surface area contributed by atoms with Crippen molar-refractivity contribution in [3.05, 3.63) is 122 Å². The summed E-state index contributed by atoms with van der Waals surface area (Å²) in [5.41, 5.74) is 4.06. The number of rotatable bonds is 5. The SMILES string of the molecule is Cc1c(-c2csc(/N=C3\S/C(=C\c4ccc(Cl)cc4)C(=O)N3c3ccccc3)n2)c(=O)n(-c2ccccc2)n1C. The number of carbonyl (C=O) groups excluding carboxylic acids is 1. The Morgan fingerprint density at radius 2 is 1.55 bits per heavy atom. The van der Waals surface area contributed by atoms with E-state index in [-0.39, 0.29) is 11.5 Å². The third-order valence-corrected chi connectivity index (χ3v) is 8.44. The summed E-state index contributed by atoms with van der Waals surface area (Å²) in [5, 5.41) is 3.40. The molecule has 0 spiro atoms. The molecule has 3 aromatic carbocycles. The maximum Gasteiger partial charge on any atom is 0.281 e. The number of hydrogen-bond donors (Lipinski definition) is 0. The number of aliphatic imine (C=N–C) groups is 1. The second kappa shape index (κ2) is 10.8. The lowest BCUT2D eigenvalue weighted by atomic mass is 10.2. The number of thioether (sulfide) groups is 1. The van der Waals surface area contributed by atoms with Crippen molar-refractivity contribution in [2.75, 3.05) is 4.90 Å². The van der Waals surface area contributed by atoms with Crippen molar-refractivity contribution < 1.29 is 4.79 Å². The Morgan fingerprint density at radius 3 is 2.23 bits per heavy atom. The number of aromatic nitrogens is 3. The van der Waals surface area contributed by atoms with Crippen LogP contribution in [0.3, 0.4) is 0 Å². The number of amidine groups is 1. The molecule has 0 bridgehead atoms. The van der Waals surface area contributed by atoms with Gasteiger partial charge in [0.15, 0.2) is 5.17 Å². The van der Waals surface area contributed by atoms with Crippen molar-refractivity contribution >= 4 is 62.7 Å². The molecule has 0 radical (unpaired) electrons. The molecule has 1 aliphatic rings. The molecule has 1 saturated heterocycles. The number of hydrogen-bond acceptors (Lipinski definition) is 6. The predicted octanol–water partition coefficient (Wildman–Crippen LogP) is 7.07. The Morgan fingerprint density at radius 1 is 0.900 bits per heavy atom. The van der Waals surface area contributed by atoms with Gasteiger partial charge in [-0.1, -0.05) is 60.1 Å². The zero-order valence-electron chi connectivity index (χ0n) is 21.5. The molecule has 0 atom stereocenters. The monoisotopic (exact) mass is 583 g/mol. The summed E-state index contributed by atoms with van der Waals surface area (Å²) in [6.45, 7) is 1.90. The summed E-state index contributed by atoms with van der Waals surface area (Å²) < 4.78 is 3.46. The molecule has 5 aromatic rings. The first kappa shape index (κ1) is 26.1. The first-order chi connectivity index (χ1) is 19.4. The fraction of sp³-hybridized carbons (Fsp3) is 0.0667. The number of benzene rings is 3. The molecule has 0 aliphatic carbocycles. The van der Waals surface area contributed by atoms with Crippen LogP contribution in [0.25, 0.3) is 23.0 Å². The standard InChI is InChI=1S/C30H22ClN5O2S2/c1-19-26(28(38)36(34(19)2)23-11-7-4-8-12-23)24-18-39-29(32-24)33-30-35(22-9-5-3-6-10-22)27(37)25(40-30)17-20-13-15-21(31)16-14-20/h3-18H,1-2H3/b25-17-,33-30-. The molecule has 0 saturated carbocycles. The number of thiazole rings is 1. The highest BCUT2D eigenvalue weighted by molar-refractivity contribution is 8.19. The lowest BCUT2D eigenvalue weighted by Gasteiger charge is -2.14. The molecule has 1 amide bonds. The van der Waals surface area contributed by atoms with Gasteiger partial charge in [-0.2, -0.15) is 4.99 Å². The van der Waals surface area contributed by atoms with Crippen LogP contribution in [0.1, 0.15) is 11.3 Å². The predicted molar refractivity (Wildman–Crippen MR) is 165 cm³/mol. The number of amides is 1. The summed E-state index contributed by atoms with van der Waals surface area (Å²) in [4.78, 5) is 38.6. The molecule has 198 valence electrons. The van der Waals surface area contributed by atoms with E-state index in [9.17, 15) is 9.59 Å². The van der Waals surface area contributed by atoms with Gasteiger partial charge >= 0.3 is 0 Å². The number of para-hydroxylation sites is 2. The van der Waals surface area contributed by atoms with Crippen LogP contribution < -0.4 is 10.5 Å². The van der Waals surface area contributed by atoms with Gasteiger partial charge in [-0.3, -0.25) is 19.2 Å². The maximum atomic E-state index is 13.5. The van der Waals surface area contributed by atoms with Crippen molar-refractivity contribution in [3.63, 3.8) is 0 Å². The highest BCUT2D eigenvalue weighted by Gasteiger charge is 2.35. The molecule has 2 aromatic heterocycles. The van der Waals surface area contributed by atoms with Crippen LogP contribution in [0.15, 0.2) is 105 Å². The Balaban J connectivity index is 1.39. The molecule has 0 unspecified atom stereocenters.